The van der Waals surface area contributed by atoms with Gasteiger partial charge in [0.2, 0.25) is 0 Å². The Hall–Kier alpha value is -3.26. The predicted molar refractivity (Wildman–Crippen MR) is 113 cm³/mol. The van der Waals surface area contributed by atoms with Gasteiger partial charge in [-0.05, 0) is 60.9 Å². The highest BCUT2D eigenvalue weighted by molar-refractivity contribution is 7.92. The lowest BCUT2D eigenvalue weighted by Crippen LogP contribution is -2.30. The normalized spacial score (nSPS) is 16.3. The Balaban J connectivity index is 1.50. The van der Waals surface area contributed by atoms with Gasteiger partial charge in [0.25, 0.3) is 15.9 Å². The quantitative estimate of drug-likeness (QED) is 0.621. The lowest BCUT2D eigenvalue weighted by Gasteiger charge is -2.25. The number of rotatable bonds is 5. The molecule has 1 heterocycles. The van der Waals surface area contributed by atoms with Gasteiger partial charge in [0.1, 0.15) is 0 Å². The van der Waals surface area contributed by atoms with Crippen molar-refractivity contribution in [3.05, 3.63) is 95.6 Å². The minimum absolute atomic E-state index is 0.0141. The van der Waals surface area contributed by atoms with E-state index in [0.717, 1.165) is 30.5 Å². The molecule has 1 N–H and O–H groups in total. The number of nitrogens with one attached hydrogen (secondary N) is 1. The summed E-state index contributed by atoms with van der Waals surface area (Å²) in [5.74, 6) is -2.50. The molecule has 0 aliphatic carbocycles. The molecule has 1 atom stereocenters. The van der Waals surface area contributed by atoms with E-state index in [2.05, 4.69) is 4.72 Å². The highest BCUT2D eigenvalue weighted by Gasteiger charge is 2.30. The first-order valence-corrected chi connectivity index (χ1v) is 11.3. The number of nitrogens with zero attached hydrogens (tertiary/aromatic N) is 1. The van der Waals surface area contributed by atoms with Gasteiger partial charge in [-0.3, -0.25) is 9.52 Å². The predicted octanol–water partition coefficient (Wildman–Crippen LogP) is 4.74. The lowest BCUT2D eigenvalue weighted by molar-refractivity contribution is 0.0735. The van der Waals surface area contributed by atoms with Crippen molar-refractivity contribution in [3.8, 4) is 0 Å². The lowest BCUT2D eigenvalue weighted by atomic mass is 10.0. The Bertz CT molecular complexity index is 1200. The fraction of sp³-hybridized carbons (Fsp3) is 0.174. The van der Waals surface area contributed by atoms with Gasteiger partial charge in [-0.15, -0.1) is 0 Å². The summed E-state index contributed by atoms with van der Waals surface area (Å²) in [7, 11) is -4.10. The van der Waals surface area contributed by atoms with E-state index < -0.39 is 26.6 Å². The van der Waals surface area contributed by atoms with Gasteiger partial charge in [0.05, 0.1) is 10.9 Å². The molecule has 1 fully saturated rings. The molecular formula is C23H20F2N2O3S. The van der Waals surface area contributed by atoms with Crippen LogP contribution in [0.5, 0.6) is 0 Å². The molecule has 1 unspecified atom stereocenters. The van der Waals surface area contributed by atoms with Crippen molar-refractivity contribution < 1.29 is 22.0 Å². The fourth-order valence-corrected chi connectivity index (χ4v) is 4.81. The van der Waals surface area contributed by atoms with E-state index >= 15 is 0 Å². The van der Waals surface area contributed by atoms with Gasteiger partial charge in [0, 0.05) is 17.8 Å². The molecule has 31 heavy (non-hydrogen) atoms. The van der Waals surface area contributed by atoms with Gasteiger partial charge >= 0.3 is 0 Å². The number of benzene rings is 3. The van der Waals surface area contributed by atoms with E-state index in [1.807, 2.05) is 35.2 Å². The summed E-state index contributed by atoms with van der Waals surface area (Å²) in [5, 5.41) is 0. The van der Waals surface area contributed by atoms with Crippen molar-refractivity contribution in [1.82, 2.24) is 4.90 Å². The zero-order valence-corrected chi connectivity index (χ0v) is 17.3. The van der Waals surface area contributed by atoms with Crippen molar-refractivity contribution in [3.63, 3.8) is 0 Å². The zero-order valence-electron chi connectivity index (χ0n) is 16.5. The molecule has 1 aliphatic rings. The second kappa shape index (κ2) is 8.47. The molecule has 160 valence electrons. The van der Waals surface area contributed by atoms with E-state index in [9.17, 15) is 22.0 Å². The van der Waals surface area contributed by atoms with Crippen molar-refractivity contribution in [1.29, 1.82) is 0 Å². The molecule has 1 aliphatic heterocycles. The average molecular weight is 442 g/mol. The van der Waals surface area contributed by atoms with Crippen LogP contribution >= 0.6 is 0 Å². The summed E-state index contributed by atoms with van der Waals surface area (Å²) < 4.78 is 53.6. The molecule has 1 amide bonds. The van der Waals surface area contributed by atoms with E-state index in [1.165, 1.54) is 12.1 Å². The van der Waals surface area contributed by atoms with E-state index in [1.54, 1.807) is 12.1 Å². The maximum absolute atomic E-state index is 13.4. The Morgan fingerprint density at radius 2 is 1.65 bits per heavy atom. The molecular weight excluding hydrogens is 422 g/mol. The van der Waals surface area contributed by atoms with Crippen LogP contribution in [0, 0.1) is 11.6 Å². The first kappa shape index (κ1) is 21.0. The summed E-state index contributed by atoms with van der Waals surface area (Å²) in [6, 6.07) is 18.2. The third-order valence-corrected chi connectivity index (χ3v) is 6.66. The van der Waals surface area contributed by atoms with Crippen molar-refractivity contribution >= 4 is 21.6 Å². The van der Waals surface area contributed by atoms with Crippen molar-refractivity contribution in [2.75, 3.05) is 11.3 Å². The standard InChI is InChI=1S/C23H20F2N2O3S/c24-20-13-12-19(15-21(20)25)31(29,30)26-18-10-8-17(9-11-18)23(28)27-14-4-7-22(27)16-5-2-1-3-6-16/h1-3,5-6,8-13,15,22,26H,4,7,14H2. The molecule has 8 heteroatoms. The summed E-state index contributed by atoms with van der Waals surface area (Å²) in [4.78, 5) is 14.5. The number of hydrogen-bond donors (Lipinski definition) is 1. The van der Waals surface area contributed by atoms with Crippen molar-refractivity contribution in [2.24, 2.45) is 0 Å². The number of amides is 1. The van der Waals surface area contributed by atoms with Crippen LogP contribution in [0.15, 0.2) is 77.7 Å². The Morgan fingerprint density at radius 3 is 2.32 bits per heavy atom. The Labute approximate surface area is 179 Å². The molecule has 1 saturated heterocycles. The first-order chi connectivity index (χ1) is 14.8. The molecule has 3 aromatic carbocycles. The number of anilines is 1. The van der Waals surface area contributed by atoms with Crippen LogP contribution in [-0.2, 0) is 10.0 Å². The number of sulfonamides is 1. The largest absolute Gasteiger partial charge is 0.332 e. The number of halogens is 2. The highest BCUT2D eigenvalue weighted by atomic mass is 32.2. The number of carbonyl (C=O) groups excluding carboxylic acids is 1. The smallest absolute Gasteiger partial charge is 0.261 e. The monoisotopic (exact) mass is 442 g/mol. The molecule has 5 nitrogen and oxygen atoms in total. The van der Waals surface area contributed by atoms with Crippen molar-refractivity contribution in [2.45, 2.75) is 23.8 Å². The van der Waals surface area contributed by atoms with Gasteiger partial charge < -0.3 is 4.90 Å². The van der Waals surface area contributed by atoms with E-state index in [-0.39, 0.29) is 17.6 Å². The summed E-state index contributed by atoms with van der Waals surface area (Å²) in [6.07, 6.45) is 1.80. The van der Waals surface area contributed by atoms with Crippen LogP contribution in [0.3, 0.4) is 0 Å². The topological polar surface area (TPSA) is 66.5 Å². The van der Waals surface area contributed by atoms with Crippen LogP contribution in [0.25, 0.3) is 0 Å². The van der Waals surface area contributed by atoms with Gasteiger partial charge in [-0.1, -0.05) is 30.3 Å². The minimum atomic E-state index is -4.10. The molecule has 3 aromatic rings. The minimum Gasteiger partial charge on any atom is -0.332 e. The van der Waals surface area contributed by atoms with Gasteiger partial charge in [-0.25, -0.2) is 17.2 Å². The summed E-state index contributed by atoms with van der Waals surface area (Å²) in [6.45, 7) is 0.656. The molecule has 0 bridgehead atoms. The van der Waals surface area contributed by atoms with Crippen LogP contribution < -0.4 is 4.72 Å². The van der Waals surface area contributed by atoms with Crippen LogP contribution in [0.2, 0.25) is 0 Å². The number of carbonyl (C=O) groups is 1. The maximum atomic E-state index is 13.4. The fourth-order valence-electron chi connectivity index (χ4n) is 3.74. The third kappa shape index (κ3) is 4.44. The van der Waals surface area contributed by atoms with Crippen LogP contribution in [0.1, 0.15) is 34.8 Å². The van der Waals surface area contributed by atoms with Gasteiger partial charge in [0.15, 0.2) is 11.6 Å². The Morgan fingerprint density at radius 1 is 0.935 bits per heavy atom. The van der Waals surface area contributed by atoms with E-state index in [4.69, 9.17) is 0 Å². The maximum Gasteiger partial charge on any atom is 0.261 e. The second-order valence-corrected chi connectivity index (χ2v) is 9.01. The number of hydrogen-bond acceptors (Lipinski definition) is 3. The van der Waals surface area contributed by atoms with Crippen LogP contribution in [-0.4, -0.2) is 25.8 Å². The molecule has 0 radical (unpaired) electrons. The molecule has 4 rings (SSSR count). The highest BCUT2D eigenvalue weighted by Crippen LogP contribution is 2.33. The molecule has 0 saturated carbocycles. The molecule has 0 aromatic heterocycles. The molecule has 0 spiro atoms. The first-order valence-electron chi connectivity index (χ1n) is 9.79. The SMILES string of the molecule is O=C(c1ccc(NS(=O)(=O)c2ccc(F)c(F)c2)cc1)N1CCCC1c1ccccc1. The second-order valence-electron chi connectivity index (χ2n) is 7.33. The third-order valence-electron chi connectivity index (χ3n) is 5.28. The van der Waals surface area contributed by atoms with Gasteiger partial charge in [-0.2, -0.15) is 0 Å². The number of likely N-dealkylation sites (tertiary alicyclic amines) is 1. The average Bonchev–Trinajstić information content (AvgIpc) is 3.26. The summed E-state index contributed by atoms with van der Waals surface area (Å²) >= 11 is 0. The zero-order chi connectivity index (χ0) is 22.0. The van der Waals surface area contributed by atoms with Crippen LogP contribution in [0.4, 0.5) is 14.5 Å². The Kier molecular flexibility index (Phi) is 5.73. The van der Waals surface area contributed by atoms with E-state index in [0.29, 0.717) is 18.2 Å². The summed E-state index contributed by atoms with van der Waals surface area (Å²) in [5.41, 5.74) is 1.74.